The van der Waals surface area contributed by atoms with E-state index in [1.165, 1.54) is 19.1 Å². The first-order valence-corrected chi connectivity index (χ1v) is 10.6. The van der Waals surface area contributed by atoms with Crippen LogP contribution in [0.15, 0.2) is 24.3 Å². The molecule has 0 bridgehead atoms. The molecule has 1 N–H and O–H groups in total. The molecule has 1 atom stereocenters. The second-order valence-corrected chi connectivity index (χ2v) is 7.10. The summed E-state index contributed by atoms with van der Waals surface area (Å²) in [6.07, 6.45) is -14.4. The Morgan fingerprint density at radius 3 is 2.03 bits per heavy atom. The number of carbonyl (C=O) groups is 2. The Morgan fingerprint density at radius 2 is 1.53 bits per heavy atom. The van der Waals surface area contributed by atoms with E-state index < -0.39 is 49.5 Å². The fraction of sp³-hybridized carbons (Fsp3) is 0.619. The molecule has 1 unspecified atom stereocenters. The molecule has 36 heavy (non-hydrogen) atoms. The molecule has 0 aliphatic heterocycles. The third kappa shape index (κ3) is 9.00. The van der Waals surface area contributed by atoms with Crippen molar-refractivity contribution in [3.05, 3.63) is 29.8 Å². The van der Waals surface area contributed by atoms with Gasteiger partial charge in [0.1, 0.15) is 12.4 Å². The molecule has 0 saturated heterocycles. The van der Waals surface area contributed by atoms with E-state index in [0.29, 0.717) is 11.3 Å². The van der Waals surface area contributed by atoms with E-state index in [9.17, 15) is 40.3 Å². The summed E-state index contributed by atoms with van der Waals surface area (Å²) >= 11 is 0. The van der Waals surface area contributed by atoms with Crippen LogP contribution in [0.1, 0.15) is 19.4 Å². The Hall–Kier alpha value is -2.81. The van der Waals surface area contributed by atoms with Crippen LogP contribution < -0.4 is 4.74 Å². The van der Waals surface area contributed by atoms with E-state index in [1.54, 1.807) is 19.1 Å². The van der Waals surface area contributed by atoms with Crippen molar-refractivity contribution in [1.82, 2.24) is 4.90 Å². The maximum absolute atomic E-state index is 13.3. The van der Waals surface area contributed by atoms with E-state index in [4.69, 9.17) is 19.3 Å². The van der Waals surface area contributed by atoms with Gasteiger partial charge in [0.05, 0.1) is 19.8 Å². The molecule has 0 aliphatic carbocycles. The summed E-state index contributed by atoms with van der Waals surface area (Å²) < 4.78 is 108. The maximum atomic E-state index is 13.3. The summed E-state index contributed by atoms with van der Waals surface area (Å²) in [7, 11) is 0. The van der Waals surface area contributed by atoms with E-state index in [1.807, 2.05) is 0 Å². The lowest BCUT2D eigenvalue weighted by molar-refractivity contribution is -0.423. The summed E-state index contributed by atoms with van der Waals surface area (Å²) in [4.78, 5) is 23.9. The van der Waals surface area contributed by atoms with Gasteiger partial charge in [0.2, 0.25) is 0 Å². The van der Waals surface area contributed by atoms with Crippen molar-refractivity contribution in [2.75, 3.05) is 39.5 Å². The highest BCUT2D eigenvalue weighted by molar-refractivity contribution is 5.72. The van der Waals surface area contributed by atoms with Gasteiger partial charge in [-0.1, -0.05) is 12.1 Å². The number of carboxylic acids is 1. The summed E-state index contributed by atoms with van der Waals surface area (Å²) in [5.74, 6) is -7.27. The molecule has 1 aromatic carbocycles. The van der Waals surface area contributed by atoms with Crippen molar-refractivity contribution < 1.29 is 64.4 Å². The lowest BCUT2D eigenvalue weighted by Crippen LogP contribution is -2.54. The standard InChI is InChI=1S/C21H26F7NO7/c1-3-33-16(17(30)31)13-14-5-7-15(8-6-14)35-11-9-29(18(32)34-4-2)10-12-36-21(27,28)19(22,23)20(24,25)26/h5-8,16H,3-4,9-13H2,1-2H3,(H,30,31). The first kappa shape index (κ1) is 31.2. The smallest absolute Gasteiger partial charge is 0.462 e. The van der Waals surface area contributed by atoms with Crippen LogP contribution in [-0.2, 0) is 25.4 Å². The second kappa shape index (κ2) is 13.5. The second-order valence-electron chi connectivity index (χ2n) is 7.10. The van der Waals surface area contributed by atoms with Crippen molar-refractivity contribution in [1.29, 1.82) is 0 Å². The number of carboxylic acid groups (broad SMARTS) is 1. The topological polar surface area (TPSA) is 94.5 Å². The van der Waals surface area contributed by atoms with Gasteiger partial charge < -0.3 is 29.0 Å². The molecular formula is C21H26F7NO7. The number of halogens is 7. The lowest BCUT2D eigenvalue weighted by Gasteiger charge is -2.28. The Balaban J connectivity index is 2.68. The highest BCUT2D eigenvalue weighted by atomic mass is 19.4. The molecule has 1 aromatic rings. The molecule has 0 saturated carbocycles. The van der Waals surface area contributed by atoms with Gasteiger partial charge in [0, 0.05) is 19.6 Å². The van der Waals surface area contributed by atoms with Gasteiger partial charge in [0.15, 0.2) is 6.10 Å². The number of amides is 1. The van der Waals surface area contributed by atoms with Gasteiger partial charge >= 0.3 is 30.3 Å². The molecular weight excluding hydrogens is 511 g/mol. The minimum Gasteiger partial charge on any atom is -0.492 e. The average molecular weight is 537 g/mol. The van der Waals surface area contributed by atoms with Crippen LogP contribution in [-0.4, -0.2) is 85.9 Å². The third-order valence-corrected chi connectivity index (χ3v) is 4.51. The minimum absolute atomic E-state index is 0.0953. The van der Waals surface area contributed by atoms with Crippen LogP contribution in [0.2, 0.25) is 0 Å². The number of rotatable bonds is 15. The number of aliphatic carboxylic acids is 1. The van der Waals surface area contributed by atoms with Gasteiger partial charge in [-0.2, -0.15) is 30.7 Å². The van der Waals surface area contributed by atoms with Gasteiger partial charge in [0.25, 0.3) is 0 Å². The zero-order valence-corrected chi connectivity index (χ0v) is 19.3. The molecule has 0 fully saturated rings. The number of hydrogen-bond acceptors (Lipinski definition) is 6. The predicted molar refractivity (Wildman–Crippen MR) is 109 cm³/mol. The largest absolute Gasteiger partial charge is 0.492 e. The van der Waals surface area contributed by atoms with Crippen molar-refractivity contribution >= 4 is 12.1 Å². The van der Waals surface area contributed by atoms with E-state index >= 15 is 0 Å². The van der Waals surface area contributed by atoms with Crippen LogP contribution >= 0.6 is 0 Å². The van der Waals surface area contributed by atoms with E-state index in [2.05, 4.69) is 4.74 Å². The van der Waals surface area contributed by atoms with Crippen molar-refractivity contribution in [2.24, 2.45) is 0 Å². The minimum atomic E-state index is -6.54. The highest BCUT2D eigenvalue weighted by Gasteiger charge is 2.74. The van der Waals surface area contributed by atoms with Crippen LogP contribution in [0.5, 0.6) is 5.75 Å². The fourth-order valence-electron chi connectivity index (χ4n) is 2.68. The Labute approximate surface area is 201 Å². The Morgan fingerprint density at radius 1 is 0.944 bits per heavy atom. The summed E-state index contributed by atoms with van der Waals surface area (Å²) in [6.45, 7) is 0.490. The molecule has 206 valence electrons. The monoisotopic (exact) mass is 537 g/mol. The first-order chi connectivity index (χ1) is 16.7. The number of ether oxygens (including phenoxy) is 4. The third-order valence-electron chi connectivity index (χ3n) is 4.51. The lowest BCUT2D eigenvalue weighted by atomic mass is 10.1. The van der Waals surface area contributed by atoms with Crippen LogP contribution in [0.3, 0.4) is 0 Å². The van der Waals surface area contributed by atoms with Crippen LogP contribution in [0.4, 0.5) is 35.5 Å². The van der Waals surface area contributed by atoms with Gasteiger partial charge in [-0.25, -0.2) is 9.59 Å². The maximum Gasteiger partial charge on any atom is 0.462 e. The Bertz CT molecular complexity index is 835. The zero-order chi connectivity index (χ0) is 27.6. The number of nitrogens with zero attached hydrogens (tertiary/aromatic N) is 1. The number of hydrogen-bond donors (Lipinski definition) is 1. The zero-order valence-electron chi connectivity index (χ0n) is 19.3. The van der Waals surface area contributed by atoms with Crippen LogP contribution in [0.25, 0.3) is 0 Å². The average Bonchev–Trinajstić information content (AvgIpc) is 2.78. The van der Waals surface area contributed by atoms with Crippen molar-refractivity contribution in [2.45, 2.75) is 44.6 Å². The molecule has 1 amide bonds. The first-order valence-electron chi connectivity index (χ1n) is 10.6. The molecule has 15 heteroatoms. The van der Waals surface area contributed by atoms with E-state index in [-0.39, 0.29) is 32.8 Å². The fourth-order valence-corrected chi connectivity index (χ4v) is 2.68. The molecule has 8 nitrogen and oxygen atoms in total. The number of benzene rings is 1. The molecule has 0 aliphatic rings. The molecule has 0 heterocycles. The molecule has 1 rings (SSSR count). The van der Waals surface area contributed by atoms with E-state index in [0.717, 1.165) is 4.90 Å². The summed E-state index contributed by atoms with van der Waals surface area (Å²) in [5, 5.41) is 9.12. The summed E-state index contributed by atoms with van der Waals surface area (Å²) in [6, 6.07) is 6.14. The molecule has 0 radical (unpaired) electrons. The van der Waals surface area contributed by atoms with Gasteiger partial charge in [-0.05, 0) is 31.5 Å². The molecule has 0 spiro atoms. The molecule has 0 aromatic heterocycles. The normalized spacial score (nSPS) is 13.2. The highest BCUT2D eigenvalue weighted by Crippen LogP contribution is 2.46. The van der Waals surface area contributed by atoms with Gasteiger partial charge in [-0.15, -0.1) is 0 Å². The number of alkyl halides is 7. The predicted octanol–water partition coefficient (Wildman–Crippen LogP) is 4.36. The Kier molecular flexibility index (Phi) is 11.7. The van der Waals surface area contributed by atoms with Crippen LogP contribution in [0, 0.1) is 0 Å². The van der Waals surface area contributed by atoms with Crippen molar-refractivity contribution in [3.63, 3.8) is 0 Å². The number of carbonyl (C=O) groups excluding carboxylic acids is 1. The van der Waals surface area contributed by atoms with Crippen molar-refractivity contribution in [3.8, 4) is 5.75 Å². The quantitative estimate of drug-likeness (QED) is 0.332. The van der Waals surface area contributed by atoms with Gasteiger partial charge in [-0.3, -0.25) is 0 Å². The summed E-state index contributed by atoms with van der Waals surface area (Å²) in [5.41, 5.74) is 0.630. The SMILES string of the molecule is CCOC(=O)N(CCOc1ccc(CC(OCC)C(=O)O)cc1)CCOC(F)(F)C(F)(F)C(F)(F)F.